The minimum Gasteiger partial charge on any atom is -0.343 e. The van der Waals surface area contributed by atoms with E-state index >= 15 is 0 Å². The molecule has 2 atom stereocenters. The minimum atomic E-state index is 0.412. The molecule has 0 unspecified atom stereocenters. The predicted octanol–water partition coefficient (Wildman–Crippen LogP) is 2.74. The van der Waals surface area contributed by atoms with Gasteiger partial charge < -0.3 is 9.09 Å². The van der Waals surface area contributed by atoms with Gasteiger partial charge in [0.25, 0.3) is 0 Å². The van der Waals surface area contributed by atoms with Crippen LogP contribution in [0, 0.1) is 0 Å². The number of hydrogen-bond acceptors (Lipinski definition) is 4. The quantitative estimate of drug-likeness (QED) is 0.731. The second-order valence-corrected chi connectivity index (χ2v) is 5.28. The van der Waals surface area contributed by atoms with Crippen LogP contribution in [0.15, 0.2) is 47.7 Å². The first-order valence-electron chi connectivity index (χ1n) is 6.66. The molecule has 0 aliphatic heterocycles. The Morgan fingerprint density at radius 3 is 2.65 bits per heavy atom. The van der Waals surface area contributed by atoms with Crippen LogP contribution < -0.4 is 0 Å². The van der Waals surface area contributed by atoms with Gasteiger partial charge >= 0.3 is 0 Å². The molecule has 5 heteroatoms. The molecular formula is C15H14N4O. The van der Waals surface area contributed by atoms with Crippen molar-refractivity contribution >= 4 is 0 Å². The molecule has 1 saturated carbocycles. The van der Waals surface area contributed by atoms with Crippen LogP contribution >= 0.6 is 0 Å². The van der Waals surface area contributed by atoms with Gasteiger partial charge in [-0.2, -0.15) is 4.98 Å². The summed E-state index contributed by atoms with van der Waals surface area (Å²) in [4.78, 5) is 8.49. The van der Waals surface area contributed by atoms with Gasteiger partial charge in [0, 0.05) is 24.7 Å². The minimum absolute atomic E-state index is 0.412. The fourth-order valence-electron chi connectivity index (χ4n) is 2.65. The highest BCUT2D eigenvalue weighted by Crippen LogP contribution is 2.53. The Bertz CT molecular complexity index is 715. The summed E-state index contributed by atoms with van der Waals surface area (Å²) >= 11 is 0. The molecular weight excluding hydrogens is 252 g/mol. The van der Waals surface area contributed by atoms with Crippen LogP contribution in [0.3, 0.4) is 0 Å². The van der Waals surface area contributed by atoms with E-state index in [1.807, 2.05) is 24.1 Å². The van der Waals surface area contributed by atoms with E-state index in [1.54, 1.807) is 0 Å². The molecule has 0 saturated heterocycles. The van der Waals surface area contributed by atoms with Gasteiger partial charge in [-0.15, -0.1) is 0 Å². The first-order chi connectivity index (χ1) is 9.81. The Labute approximate surface area is 116 Å². The molecule has 1 fully saturated rings. The molecule has 1 aliphatic carbocycles. The van der Waals surface area contributed by atoms with Crippen LogP contribution in [0.2, 0.25) is 0 Å². The van der Waals surface area contributed by atoms with E-state index in [0.717, 1.165) is 23.5 Å². The monoisotopic (exact) mass is 266 g/mol. The third-order valence-electron chi connectivity index (χ3n) is 3.84. The summed E-state index contributed by atoms with van der Waals surface area (Å²) in [5.74, 6) is 1.75. The Morgan fingerprint density at radius 2 is 2.00 bits per heavy atom. The number of imidazole rings is 1. The maximum absolute atomic E-state index is 4.81. The molecule has 0 spiro atoms. The summed E-state index contributed by atoms with van der Waals surface area (Å²) in [5, 5.41) is 3.92. The number of nitrogens with zero attached hydrogens (tertiary/aromatic N) is 4. The highest BCUT2D eigenvalue weighted by Gasteiger charge is 2.42. The van der Waals surface area contributed by atoms with Gasteiger partial charge in [-0.3, -0.25) is 0 Å². The van der Waals surface area contributed by atoms with Crippen LogP contribution in [0.4, 0.5) is 0 Å². The average Bonchev–Trinajstić information content (AvgIpc) is 2.89. The molecule has 0 amide bonds. The maximum atomic E-state index is 4.81. The predicted molar refractivity (Wildman–Crippen MR) is 73.0 cm³/mol. The third kappa shape index (κ3) is 1.91. The van der Waals surface area contributed by atoms with Crippen LogP contribution in [-0.2, 0) is 7.05 Å². The fraction of sp³-hybridized carbons (Fsp3) is 0.267. The highest BCUT2D eigenvalue weighted by molar-refractivity contribution is 5.59. The lowest BCUT2D eigenvalue weighted by Gasteiger charge is -2.01. The Kier molecular flexibility index (Phi) is 2.45. The number of hydrogen-bond donors (Lipinski definition) is 0. The summed E-state index contributed by atoms with van der Waals surface area (Å²) in [5.41, 5.74) is 3.48. The van der Waals surface area contributed by atoms with Crippen molar-refractivity contribution < 1.29 is 4.52 Å². The Balaban J connectivity index is 1.54. The second kappa shape index (κ2) is 4.30. The molecule has 0 radical (unpaired) electrons. The Hall–Kier alpha value is -2.43. The molecule has 3 aromatic rings. The first kappa shape index (κ1) is 11.4. The zero-order valence-corrected chi connectivity index (χ0v) is 11.1. The number of aromatic nitrogens is 4. The smallest absolute Gasteiger partial charge is 0.213 e. The average molecular weight is 266 g/mol. The molecule has 2 aromatic heterocycles. The SMILES string of the molecule is Cn1cnc(-c2ccc([C@H]3C[C@@H]3c3ncon3)cc2)c1. The van der Waals surface area contributed by atoms with Crippen molar-refractivity contribution in [3.05, 3.63) is 54.6 Å². The van der Waals surface area contributed by atoms with Crippen LogP contribution in [0.5, 0.6) is 0 Å². The zero-order valence-electron chi connectivity index (χ0n) is 11.1. The molecule has 0 N–H and O–H groups in total. The molecule has 0 bridgehead atoms. The third-order valence-corrected chi connectivity index (χ3v) is 3.84. The van der Waals surface area contributed by atoms with Gasteiger partial charge in [0.15, 0.2) is 5.82 Å². The van der Waals surface area contributed by atoms with E-state index in [9.17, 15) is 0 Å². The van der Waals surface area contributed by atoms with Crippen LogP contribution in [-0.4, -0.2) is 19.7 Å². The van der Waals surface area contributed by atoms with Crippen molar-refractivity contribution in [3.63, 3.8) is 0 Å². The molecule has 100 valence electrons. The standard InChI is InChI=1S/C15H14N4O/c1-19-7-14(16-8-19)11-4-2-10(3-5-11)12-6-13(12)15-17-9-20-18-15/h2-5,7-9,12-13H,6H2,1H3/t12-,13+/m1/s1. The van der Waals surface area contributed by atoms with E-state index in [2.05, 4.69) is 39.4 Å². The summed E-state index contributed by atoms with van der Waals surface area (Å²) in [7, 11) is 1.98. The van der Waals surface area contributed by atoms with Gasteiger partial charge in [0.05, 0.1) is 12.0 Å². The van der Waals surface area contributed by atoms with Crippen molar-refractivity contribution in [2.75, 3.05) is 0 Å². The van der Waals surface area contributed by atoms with Crippen LogP contribution in [0.25, 0.3) is 11.3 Å². The van der Waals surface area contributed by atoms with E-state index in [1.165, 1.54) is 12.0 Å². The summed E-state index contributed by atoms with van der Waals surface area (Å²) in [6, 6.07) is 8.61. The first-order valence-corrected chi connectivity index (χ1v) is 6.66. The molecule has 20 heavy (non-hydrogen) atoms. The summed E-state index contributed by atoms with van der Waals surface area (Å²) in [6.07, 6.45) is 6.34. The number of benzene rings is 1. The number of rotatable bonds is 3. The molecule has 1 aromatic carbocycles. The molecule has 4 rings (SSSR count). The maximum Gasteiger partial charge on any atom is 0.213 e. The van der Waals surface area contributed by atoms with Gasteiger partial charge in [-0.25, -0.2) is 4.98 Å². The second-order valence-electron chi connectivity index (χ2n) is 5.28. The lowest BCUT2D eigenvalue weighted by atomic mass is 10.1. The van der Waals surface area contributed by atoms with Crippen LogP contribution in [0.1, 0.15) is 29.6 Å². The number of aryl methyl sites for hydroxylation is 1. The van der Waals surface area contributed by atoms with Gasteiger partial charge in [0.2, 0.25) is 6.39 Å². The fourth-order valence-corrected chi connectivity index (χ4v) is 2.65. The van der Waals surface area contributed by atoms with E-state index in [4.69, 9.17) is 4.52 Å². The summed E-state index contributed by atoms with van der Waals surface area (Å²) in [6.45, 7) is 0. The summed E-state index contributed by atoms with van der Waals surface area (Å²) < 4.78 is 6.76. The van der Waals surface area contributed by atoms with E-state index in [0.29, 0.717) is 11.8 Å². The van der Waals surface area contributed by atoms with Crippen molar-refractivity contribution in [1.82, 2.24) is 19.7 Å². The van der Waals surface area contributed by atoms with E-state index < -0.39 is 0 Å². The zero-order chi connectivity index (χ0) is 13.5. The van der Waals surface area contributed by atoms with E-state index in [-0.39, 0.29) is 0 Å². The highest BCUT2D eigenvalue weighted by atomic mass is 16.5. The van der Waals surface area contributed by atoms with Crippen molar-refractivity contribution in [3.8, 4) is 11.3 Å². The van der Waals surface area contributed by atoms with Gasteiger partial charge in [-0.05, 0) is 17.9 Å². The topological polar surface area (TPSA) is 56.7 Å². The molecule has 1 aliphatic rings. The normalized spacial score (nSPS) is 21.1. The van der Waals surface area contributed by atoms with Crippen molar-refractivity contribution in [2.24, 2.45) is 7.05 Å². The Morgan fingerprint density at radius 1 is 1.15 bits per heavy atom. The van der Waals surface area contributed by atoms with Gasteiger partial charge in [-0.1, -0.05) is 29.4 Å². The van der Waals surface area contributed by atoms with Gasteiger partial charge in [0.1, 0.15) is 0 Å². The molecule has 5 nitrogen and oxygen atoms in total. The lowest BCUT2D eigenvalue weighted by Crippen LogP contribution is -1.87. The van der Waals surface area contributed by atoms with Crippen molar-refractivity contribution in [1.29, 1.82) is 0 Å². The lowest BCUT2D eigenvalue weighted by molar-refractivity contribution is 0.410. The molecule has 2 heterocycles. The largest absolute Gasteiger partial charge is 0.343 e. The van der Waals surface area contributed by atoms with Crippen molar-refractivity contribution in [2.45, 2.75) is 18.3 Å².